The van der Waals surface area contributed by atoms with Gasteiger partial charge in [-0.15, -0.1) is 11.8 Å². The lowest BCUT2D eigenvalue weighted by Gasteiger charge is -2.32. The fourth-order valence-electron chi connectivity index (χ4n) is 3.16. The summed E-state index contributed by atoms with van der Waals surface area (Å²) in [6.07, 6.45) is 0. The summed E-state index contributed by atoms with van der Waals surface area (Å²) in [7, 11) is 0. The van der Waals surface area contributed by atoms with Crippen LogP contribution in [-0.4, -0.2) is 22.2 Å². The summed E-state index contributed by atoms with van der Waals surface area (Å²) in [6.45, 7) is 1.81. The molecule has 2 aliphatic rings. The Bertz CT molecular complexity index is 821. The fourth-order valence-corrected chi connectivity index (χ4v) is 4.64. The summed E-state index contributed by atoms with van der Waals surface area (Å²) in [6, 6.07) is 13.8. The molecule has 0 saturated carbocycles. The molecule has 2 atom stereocenters. The molecule has 0 aromatic heterocycles. The Labute approximate surface area is 137 Å². The van der Waals surface area contributed by atoms with Crippen molar-refractivity contribution in [3.63, 3.8) is 0 Å². The standard InChI is InChI=1S/C17H14N2O3S/c1-10-15(21)19(11-6-8-12(20)9-7-11)17(23-10)13-4-2-3-5-14(13)18-16(17)22/h2-10,20H,1H3,(H,18,22)/t10-,17-/m1/s1. The molecule has 2 heterocycles. The summed E-state index contributed by atoms with van der Waals surface area (Å²) >= 11 is 1.34. The molecule has 0 aliphatic carbocycles. The molecule has 0 radical (unpaired) electrons. The van der Waals surface area contributed by atoms with Crippen LogP contribution < -0.4 is 10.2 Å². The van der Waals surface area contributed by atoms with Gasteiger partial charge >= 0.3 is 0 Å². The zero-order valence-corrected chi connectivity index (χ0v) is 13.1. The average molecular weight is 326 g/mol. The first-order valence-electron chi connectivity index (χ1n) is 7.26. The molecule has 1 fully saturated rings. The predicted molar refractivity (Wildman–Crippen MR) is 89.4 cm³/mol. The number of benzene rings is 2. The molecule has 23 heavy (non-hydrogen) atoms. The molecule has 2 N–H and O–H groups in total. The Balaban J connectivity index is 1.94. The Morgan fingerprint density at radius 1 is 1.13 bits per heavy atom. The lowest BCUT2D eigenvalue weighted by atomic mass is 10.0. The van der Waals surface area contributed by atoms with E-state index in [0.717, 1.165) is 11.3 Å². The van der Waals surface area contributed by atoms with Crippen LogP contribution in [0.15, 0.2) is 48.5 Å². The maximum Gasteiger partial charge on any atom is 0.266 e. The number of hydrogen-bond donors (Lipinski definition) is 2. The first-order chi connectivity index (χ1) is 11.0. The van der Waals surface area contributed by atoms with Crippen molar-refractivity contribution in [2.75, 3.05) is 10.2 Å². The number of carbonyl (C=O) groups excluding carboxylic acids is 2. The number of amides is 2. The second-order valence-electron chi connectivity index (χ2n) is 5.59. The minimum absolute atomic E-state index is 0.117. The Morgan fingerprint density at radius 2 is 1.83 bits per heavy atom. The molecule has 6 heteroatoms. The van der Waals surface area contributed by atoms with Crippen molar-refractivity contribution < 1.29 is 14.7 Å². The summed E-state index contributed by atoms with van der Waals surface area (Å²) < 4.78 is 0. The van der Waals surface area contributed by atoms with Crippen molar-refractivity contribution in [3.8, 4) is 5.75 Å². The number of rotatable bonds is 1. The topological polar surface area (TPSA) is 69.6 Å². The van der Waals surface area contributed by atoms with Crippen LogP contribution >= 0.6 is 11.8 Å². The molecular weight excluding hydrogens is 312 g/mol. The van der Waals surface area contributed by atoms with Crippen molar-refractivity contribution in [3.05, 3.63) is 54.1 Å². The Kier molecular flexibility index (Phi) is 2.93. The van der Waals surface area contributed by atoms with Crippen molar-refractivity contribution in [2.45, 2.75) is 17.0 Å². The van der Waals surface area contributed by atoms with Gasteiger partial charge in [-0.05, 0) is 37.3 Å². The van der Waals surface area contributed by atoms with Crippen LogP contribution in [0, 0.1) is 0 Å². The van der Waals surface area contributed by atoms with Gasteiger partial charge in [0.2, 0.25) is 10.8 Å². The van der Waals surface area contributed by atoms with Crippen molar-refractivity contribution in [2.24, 2.45) is 0 Å². The van der Waals surface area contributed by atoms with Gasteiger partial charge in [0.25, 0.3) is 5.91 Å². The van der Waals surface area contributed by atoms with Gasteiger partial charge in [-0.1, -0.05) is 18.2 Å². The molecule has 0 bridgehead atoms. The van der Waals surface area contributed by atoms with E-state index in [-0.39, 0.29) is 22.8 Å². The number of hydrogen-bond acceptors (Lipinski definition) is 4. The molecule has 4 rings (SSSR count). The van der Waals surface area contributed by atoms with E-state index in [4.69, 9.17) is 0 Å². The lowest BCUT2D eigenvalue weighted by molar-refractivity contribution is -0.122. The normalized spacial score (nSPS) is 25.8. The number of nitrogens with one attached hydrogen (secondary N) is 1. The predicted octanol–water partition coefficient (Wildman–Crippen LogP) is 2.67. The minimum atomic E-state index is -1.09. The van der Waals surface area contributed by atoms with Crippen LogP contribution in [0.3, 0.4) is 0 Å². The van der Waals surface area contributed by atoms with E-state index in [2.05, 4.69) is 5.32 Å². The van der Waals surface area contributed by atoms with E-state index in [9.17, 15) is 14.7 Å². The molecule has 2 aromatic rings. The number of anilines is 2. The van der Waals surface area contributed by atoms with Crippen LogP contribution in [-0.2, 0) is 14.5 Å². The third-order valence-corrected chi connectivity index (χ3v) is 5.67. The van der Waals surface area contributed by atoms with Gasteiger partial charge in [-0.2, -0.15) is 0 Å². The van der Waals surface area contributed by atoms with Crippen LogP contribution in [0.4, 0.5) is 11.4 Å². The zero-order chi connectivity index (χ0) is 16.2. The number of aromatic hydroxyl groups is 1. The number of para-hydroxylation sites is 1. The zero-order valence-electron chi connectivity index (χ0n) is 12.3. The largest absolute Gasteiger partial charge is 0.508 e. The van der Waals surface area contributed by atoms with E-state index in [1.165, 1.54) is 23.9 Å². The quantitative estimate of drug-likeness (QED) is 0.845. The highest BCUT2D eigenvalue weighted by atomic mass is 32.2. The summed E-state index contributed by atoms with van der Waals surface area (Å²) in [5.74, 6) is -0.214. The minimum Gasteiger partial charge on any atom is -0.508 e. The molecule has 0 unspecified atom stereocenters. The van der Waals surface area contributed by atoms with Crippen LogP contribution in [0.5, 0.6) is 5.75 Å². The number of phenolic OH excluding ortho intramolecular Hbond substituents is 1. The van der Waals surface area contributed by atoms with E-state index >= 15 is 0 Å². The smallest absolute Gasteiger partial charge is 0.266 e. The average Bonchev–Trinajstić information content (AvgIpc) is 2.97. The maximum absolute atomic E-state index is 12.8. The van der Waals surface area contributed by atoms with Crippen molar-refractivity contribution in [1.82, 2.24) is 0 Å². The number of nitrogens with zero attached hydrogens (tertiary/aromatic N) is 1. The molecule has 1 saturated heterocycles. The monoisotopic (exact) mass is 326 g/mol. The second kappa shape index (κ2) is 4.76. The third-order valence-electron chi connectivity index (χ3n) is 4.19. The third kappa shape index (κ3) is 1.81. The van der Waals surface area contributed by atoms with Crippen LogP contribution in [0.25, 0.3) is 0 Å². The van der Waals surface area contributed by atoms with Gasteiger partial charge < -0.3 is 10.4 Å². The lowest BCUT2D eigenvalue weighted by Crippen LogP contribution is -2.47. The van der Waals surface area contributed by atoms with Gasteiger partial charge in [-0.25, -0.2) is 0 Å². The van der Waals surface area contributed by atoms with Gasteiger partial charge in [-0.3, -0.25) is 14.5 Å². The molecule has 2 aromatic carbocycles. The first-order valence-corrected chi connectivity index (χ1v) is 8.14. The van der Waals surface area contributed by atoms with Crippen LogP contribution in [0.2, 0.25) is 0 Å². The molecule has 116 valence electrons. The summed E-state index contributed by atoms with van der Waals surface area (Å²) in [4.78, 5) is 26.0. The number of phenols is 1. The van der Waals surface area contributed by atoms with E-state index in [1.54, 1.807) is 17.0 Å². The molecule has 1 spiro atoms. The second-order valence-corrected chi connectivity index (χ2v) is 7.13. The van der Waals surface area contributed by atoms with Crippen molar-refractivity contribution in [1.29, 1.82) is 0 Å². The molecule has 2 aliphatic heterocycles. The van der Waals surface area contributed by atoms with Gasteiger partial charge in [0.1, 0.15) is 5.75 Å². The van der Waals surface area contributed by atoms with Crippen LogP contribution in [0.1, 0.15) is 12.5 Å². The van der Waals surface area contributed by atoms with Gasteiger partial charge in [0, 0.05) is 16.9 Å². The van der Waals surface area contributed by atoms with Crippen molar-refractivity contribution >= 4 is 35.0 Å². The molecule has 5 nitrogen and oxygen atoms in total. The number of thioether (sulfide) groups is 1. The highest BCUT2D eigenvalue weighted by Gasteiger charge is 2.60. The van der Waals surface area contributed by atoms with E-state index in [0.29, 0.717) is 5.69 Å². The van der Waals surface area contributed by atoms with E-state index in [1.807, 2.05) is 31.2 Å². The van der Waals surface area contributed by atoms with Gasteiger partial charge in [0.05, 0.1) is 5.25 Å². The number of fused-ring (bicyclic) bond motifs is 2. The summed E-state index contributed by atoms with van der Waals surface area (Å²) in [5.41, 5.74) is 2.12. The highest BCUT2D eigenvalue weighted by molar-refractivity contribution is 8.03. The highest BCUT2D eigenvalue weighted by Crippen LogP contribution is 2.55. The number of carbonyl (C=O) groups is 2. The first kappa shape index (κ1) is 14.1. The molecule has 2 amide bonds. The SMILES string of the molecule is C[C@H]1S[C@]2(C(=O)Nc3ccccc32)N(c2ccc(O)cc2)C1=O. The van der Waals surface area contributed by atoms with E-state index < -0.39 is 4.87 Å². The Morgan fingerprint density at radius 3 is 2.57 bits per heavy atom. The Hall–Kier alpha value is -2.47. The maximum atomic E-state index is 12.8. The van der Waals surface area contributed by atoms with Gasteiger partial charge in [0.15, 0.2) is 0 Å². The fraction of sp³-hybridized carbons (Fsp3) is 0.176. The molecular formula is C17H14N2O3S. The summed E-state index contributed by atoms with van der Waals surface area (Å²) in [5, 5.41) is 12.0.